The van der Waals surface area contributed by atoms with Gasteiger partial charge in [-0.3, -0.25) is 4.90 Å². The summed E-state index contributed by atoms with van der Waals surface area (Å²) in [4.78, 5) is 13.4. The van der Waals surface area contributed by atoms with Crippen LogP contribution in [-0.2, 0) is 13.0 Å². The Kier molecular flexibility index (Phi) is 4.45. The smallest absolute Gasteiger partial charge is 0.335 e. The molecule has 0 atom stereocenters. The third-order valence-electron chi connectivity index (χ3n) is 4.41. The topological polar surface area (TPSA) is 60.8 Å². The largest absolute Gasteiger partial charge is 0.478 e. The van der Waals surface area contributed by atoms with Crippen LogP contribution in [0.2, 0.25) is 0 Å². The standard InChI is InChI=1S/C16H23NO3/c1-3-16(20,4-2)11-17-9-8-13-12(10-17)6-5-7-14(13)15(18)19/h5-7,20H,3-4,8-11H2,1-2H3,(H,18,19). The molecule has 110 valence electrons. The second kappa shape index (κ2) is 5.94. The summed E-state index contributed by atoms with van der Waals surface area (Å²) in [5.74, 6) is -0.853. The van der Waals surface area contributed by atoms with Gasteiger partial charge in [-0.25, -0.2) is 4.79 Å². The van der Waals surface area contributed by atoms with E-state index in [0.717, 1.165) is 43.5 Å². The van der Waals surface area contributed by atoms with Crippen LogP contribution in [0.5, 0.6) is 0 Å². The Labute approximate surface area is 120 Å². The molecule has 2 N–H and O–H groups in total. The number of fused-ring (bicyclic) bond motifs is 1. The molecular weight excluding hydrogens is 254 g/mol. The Morgan fingerprint density at radius 2 is 2.05 bits per heavy atom. The van der Waals surface area contributed by atoms with Gasteiger partial charge in [-0.05, 0) is 36.5 Å². The number of aromatic carboxylic acids is 1. The van der Waals surface area contributed by atoms with Crippen molar-refractivity contribution in [3.05, 3.63) is 34.9 Å². The fraction of sp³-hybridized carbons (Fsp3) is 0.562. The van der Waals surface area contributed by atoms with Crippen molar-refractivity contribution in [3.8, 4) is 0 Å². The number of hydrogen-bond donors (Lipinski definition) is 2. The van der Waals surface area contributed by atoms with Crippen LogP contribution in [0.1, 0.15) is 48.2 Å². The van der Waals surface area contributed by atoms with Crippen LogP contribution in [0, 0.1) is 0 Å². The van der Waals surface area contributed by atoms with Gasteiger partial charge in [-0.2, -0.15) is 0 Å². The molecular formula is C16H23NO3. The Hall–Kier alpha value is -1.39. The SMILES string of the molecule is CCC(O)(CC)CN1CCc2c(cccc2C(=O)O)C1. The van der Waals surface area contributed by atoms with Crippen molar-refractivity contribution in [1.82, 2.24) is 4.90 Å². The second-order valence-corrected chi connectivity index (χ2v) is 5.64. The number of hydrogen-bond acceptors (Lipinski definition) is 3. The number of benzene rings is 1. The normalized spacial score (nSPS) is 15.9. The molecule has 0 bridgehead atoms. The Morgan fingerprint density at radius 3 is 2.65 bits per heavy atom. The maximum absolute atomic E-state index is 11.2. The van der Waals surface area contributed by atoms with Gasteiger partial charge in [0, 0.05) is 19.6 Å². The Balaban J connectivity index is 2.16. The molecule has 0 aromatic heterocycles. The first kappa shape index (κ1) is 15.0. The van der Waals surface area contributed by atoms with E-state index in [1.165, 1.54) is 0 Å². The van der Waals surface area contributed by atoms with Crippen molar-refractivity contribution < 1.29 is 15.0 Å². The summed E-state index contributed by atoms with van der Waals surface area (Å²) in [5.41, 5.74) is 1.81. The molecule has 0 fully saturated rings. The molecule has 0 amide bonds. The minimum atomic E-state index is -0.853. The molecule has 4 heteroatoms. The van der Waals surface area contributed by atoms with Crippen LogP contribution >= 0.6 is 0 Å². The average Bonchev–Trinajstić information content (AvgIpc) is 2.46. The number of carboxylic acid groups (broad SMARTS) is 1. The van der Waals surface area contributed by atoms with Crippen molar-refractivity contribution in [2.24, 2.45) is 0 Å². The van der Waals surface area contributed by atoms with E-state index >= 15 is 0 Å². The highest BCUT2D eigenvalue weighted by atomic mass is 16.4. The summed E-state index contributed by atoms with van der Waals surface area (Å²) >= 11 is 0. The van der Waals surface area contributed by atoms with Gasteiger partial charge in [0.05, 0.1) is 11.2 Å². The molecule has 1 heterocycles. The van der Waals surface area contributed by atoms with Crippen molar-refractivity contribution in [3.63, 3.8) is 0 Å². The lowest BCUT2D eigenvalue weighted by Crippen LogP contribution is -2.44. The third kappa shape index (κ3) is 3.02. The van der Waals surface area contributed by atoms with E-state index < -0.39 is 11.6 Å². The van der Waals surface area contributed by atoms with Crippen LogP contribution in [-0.4, -0.2) is 39.8 Å². The molecule has 0 saturated heterocycles. The molecule has 4 nitrogen and oxygen atoms in total. The molecule has 1 aliphatic rings. The summed E-state index contributed by atoms with van der Waals surface area (Å²) in [7, 11) is 0. The van der Waals surface area contributed by atoms with Gasteiger partial charge in [-0.1, -0.05) is 26.0 Å². The van der Waals surface area contributed by atoms with Gasteiger partial charge in [0.2, 0.25) is 0 Å². The first-order chi connectivity index (χ1) is 9.49. The maximum atomic E-state index is 11.2. The number of nitrogens with zero attached hydrogens (tertiary/aromatic N) is 1. The van der Waals surface area contributed by atoms with E-state index in [4.69, 9.17) is 0 Å². The van der Waals surface area contributed by atoms with Crippen molar-refractivity contribution in [1.29, 1.82) is 0 Å². The highest BCUT2D eigenvalue weighted by Gasteiger charge is 2.28. The second-order valence-electron chi connectivity index (χ2n) is 5.64. The van der Waals surface area contributed by atoms with Gasteiger partial charge < -0.3 is 10.2 Å². The summed E-state index contributed by atoms with van der Waals surface area (Å²) in [6.45, 7) is 6.18. The van der Waals surface area contributed by atoms with Gasteiger partial charge in [0.1, 0.15) is 0 Å². The first-order valence-electron chi connectivity index (χ1n) is 7.28. The summed E-state index contributed by atoms with van der Waals surface area (Å²) in [6, 6.07) is 5.47. The van der Waals surface area contributed by atoms with Crippen molar-refractivity contribution in [2.45, 2.75) is 45.3 Å². The number of rotatable bonds is 5. The molecule has 0 radical (unpaired) electrons. The fourth-order valence-electron chi connectivity index (χ4n) is 2.89. The number of aliphatic hydroxyl groups is 1. The van der Waals surface area contributed by atoms with Gasteiger partial charge >= 0.3 is 5.97 Å². The zero-order valence-electron chi connectivity index (χ0n) is 12.2. The first-order valence-corrected chi connectivity index (χ1v) is 7.28. The predicted octanol–water partition coefficient (Wildman–Crippen LogP) is 2.29. The summed E-state index contributed by atoms with van der Waals surface area (Å²) in [5, 5.41) is 19.7. The lowest BCUT2D eigenvalue weighted by molar-refractivity contribution is -0.00693. The van der Waals surface area contributed by atoms with Crippen LogP contribution in [0.15, 0.2) is 18.2 Å². The van der Waals surface area contributed by atoms with Gasteiger partial charge in [0.15, 0.2) is 0 Å². The van der Waals surface area contributed by atoms with E-state index in [1.807, 2.05) is 19.9 Å². The molecule has 0 spiro atoms. The average molecular weight is 277 g/mol. The maximum Gasteiger partial charge on any atom is 0.335 e. The quantitative estimate of drug-likeness (QED) is 0.867. The molecule has 1 aliphatic heterocycles. The lowest BCUT2D eigenvalue weighted by Gasteiger charge is -2.36. The molecule has 2 rings (SSSR count). The molecule has 1 aromatic carbocycles. The van der Waals surface area contributed by atoms with Crippen LogP contribution < -0.4 is 0 Å². The van der Waals surface area contributed by atoms with E-state index in [9.17, 15) is 15.0 Å². The van der Waals surface area contributed by atoms with Crippen molar-refractivity contribution in [2.75, 3.05) is 13.1 Å². The van der Waals surface area contributed by atoms with Crippen LogP contribution in [0.3, 0.4) is 0 Å². The van der Waals surface area contributed by atoms with E-state index in [0.29, 0.717) is 12.1 Å². The number of β-amino-alcohol motifs (C(OH)–C–C–N with tert-alkyl or cyclic N) is 1. The molecule has 1 aromatic rings. The van der Waals surface area contributed by atoms with E-state index in [2.05, 4.69) is 4.90 Å². The third-order valence-corrected chi connectivity index (χ3v) is 4.41. The monoisotopic (exact) mass is 277 g/mol. The lowest BCUT2D eigenvalue weighted by atomic mass is 9.92. The number of carbonyl (C=O) groups is 1. The highest BCUT2D eigenvalue weighted by molar-refractivity contribution is 5.89. The minimum absolute atomic E-state index is 0.420. The predicted molar refractivity (Wildman–Crippen MR) is 77.9 cm³/mol. The summed E-state index contributed by atoms with van der Waals surface area (Å²) < 4.78 is 0. The molecule has 0 aliphatic carbocycles. The molecule has 0 unspecified atom stereocenters. The molecule has 20 heavy (non-hydrogen) atoms. The molecule has 0 saturated carbocycles. The van der Waals surface area contributed by atoms with Crippen LogP contribution in [0.25, 0.3) is 0 Å². The minimum Gasteiger partial charge on any atom is -0.478 e. The van der Waals surface area contributed by atoms with E-state index in [-0.39, 0.29) is 0 Å². The van der Waals surface area contributed by atoms with E-state index in [1.54, 1.807) is 12.1 Å². The zero-order valence-corrected chi connectivity index (χ0v) is 12.2. The van der Waals surface area contributed by atoms with Gasteiger partial charge in [-0.15, -0.1) is 0 Å². The highest BCUT2D eigenvalue weighted by Crippen LogP contribution is 2.25. The fourth-order valence-corrected chi connectivity index (χ4v) is 2.89. The van der Waals surface area contributed by atoms with Crippen LogP contribution in [0.4, 0.5) is 0 Å². The number of carboxylic acids is 1. The zero-order chi connectivity index (χ0) is 14.8. The summed E-state index contributed by atoms with van der Waals surface area (Å²) in [6.07, 6.45) is 2.21. The Morgan fingerprint density at radius 1 is 1.35 bits per heavy atom. The van der Waals surface area contributed by atoms with Gasteiger partial charge in [0.25, 0.3) is 0 Å². The Bertz CT molecular complexity index is 494. The van der Waals surface area contributed by atoms with Crippen molar-refractivity contribution >= 4 is 5.97 Å².